The molecule has 3 rings (SSSR count). The maximum absolute atomic E-state index is 5.82. The standard InChI is InChI=1S/C18H34N2O/c1-15(2)11-20(17-5-3-4-6-17)13-18(9-10-21-14-18)12-19-16-7-8-16/h15-17,19H,3-14H2,1-2H3. The van der Waals surface area contributed by atoms with Crippen molar-refractivity contribution in [3.63, 3.8) is 0 Å². The van der Waals surface area contributed by atoms with Gasteiger partial charge in [-0.05, 0) is 38.0 Å². The van der Waals surface area contributed by atoms with E-state index in [4.69, 9.17) is 4.74 Å². The van der Waals surface area contributed by atoms with Gasteiger partial charge in [-0.15, -0.1) is 0 Å². The van der Waals surface area contributed by atoms with Crippen LogP contribution in [0.5, 0.6) is 0 Å². The molecule has 0 radical (unpaired) electrons. The molecule has 0 spiro atoms. The maximum Gasteiger partial charge on any atom is 0.0547 e. The van der Waals surface area contributed by atoms with Crippen molar-refractivity contribution >= 4 is 0 Å². The van der Waals surface area contributed by atoms with Crippen molar-refractivity contribution in [2.45, 2.75) is 70.9 Å². The first-order valence-corrected chi connectivity index (χ1v) is 9.22. The lowest BCUT2D eigenvalue weighted by atomic mass is 9.85. The average Bonchev–Trinajstić information content (AvgIpc) is 2.93. The van der Waals surface area contributed by atoms with Crippen LogP contribution in [0.1, 0.15) is 58.8 Å². The van der Waals surface area contributed by atoms with E-state index >= 15 is 0 Å². The third-order valence-electron chi connectivity index (χ3n) is 5.51. The Bertz CT molecular complexity index is 315. The van der Waals surface area contributed by atoms with Gasteiger partial charge in [0.2, 0.25) is 0 Å². The van der Waals surface area contributed by atoms with Gasteiger partial charge < -0.3 is 10.1 Å². The minimum atomic E-state index is 0.375. The van der Waals surface area contributed by atoms with E-state index in [9.17, 15) is 0 Å². The van der Waals surface area contributed by atoms with Crippen LogP contribution in [-0.2, 0) is 4.74 Å². The summed E-state index contributed by atoms with van der Waals surface area (Å²) in [4.78, 5) is 2.82. The van der Waals surface area contributed by atoms with E-state index in [1.165, 1.54) is 64.6 Å². The molecule has 1 atom stereocenters. The summed E-state index contributed by atoms with van der Waals surface area (Å²) < 4.78 is 5.82. The third kappa shape index (κ3) is 4.43. The Morgan fingerprint density at radius 1 is 1.19 bits per heavy atom. The Kier molecular flexibility index (Phi) is 5.23. The van der Waals surface area contributed by atoms with Crippen molar-refractivity contribution in [3.05, 3.63) is 0 Å². The topological polar surface area (TPSA) is 24.5 Å². The first-order chi connectivity index (χ1) is 10.2. The van der Waals surface area contributed by atoms with Gasteiger partial charge in [0.25, 0.3) is 0 Å². The van der Waals surface area contributed by atoms with Crippen molar-refractivity contribution in [2.75, 3.05) is 32.8 Å². The Labute approximate surface area is 130 Å². The molecule has 0 amide bonds. The highest BCUT2D eigenvalue weighted by Gasteiger charge is 2.39. The Balaban J connectivity index is 1.61. The second-order valence-electron chi connectivity index (χ2n) is 8.22. The molecule has 3 nitrogen and oxygen atoms in total. The number of rotatable bonds is 8. The molecule has 3 aliphatic rings. The Morgan fingerprint density at radius 3 is 2.52 bits per heavy atom. The molecule has 3 heteroatoms. The normalized spacial score (nSPS) is 30.9. The summed E-state index contributed by atoms with van der Waals surface area (Å²) in [6.07, 6.45) is 9.71. The number of nitrogens with zero attached hydrogens (tertiary/aromatic N) is 1. The summed E-state index contributed by atoms with van der Waals surface area (Å²) >= 11 is 0. The zero-order valence-corrected chi connectivity index (χ0v) is 14.1. The van der Waals surface area contributed by atoms with Gasteiger partial charge in [-0.25, -0.2) is 0 Å². The monoisotopic (exact) mass is 294 g/mol. The summed E-state index contributed by atoms with van der Waals surface area (Å²) in [5.41, 5.74) is 0.375. The van der Waals surface area contributed by atoms with Gasteiger partial charge in [-0.2, -0.15) is 0 Å². The average molecular weight is 294 g/mol. The minimum Gasteiger partial charge on any atom is -0.381 e. The van der Waals surface area contributed by atoms with E-state index < -0.39 is 0 Å². The predicted octanol–water partition coefficient (Wildman–Crippen LogP) is 3.05. The van der Waals surface area contributed by atoms with Crippen molar-refractivity contribution < 1.29 is 4.74 Å². The molecule has 3 fully saturated rings. The number of hydrogen-bond donors (Lipinski definition) is 1. The number of ether oxygens (including phenoxy) is 1. The summed E-state index contributed by atoms with van der Waals surface area (Å²) in [5, 5.41) is 3.78. The second-order valence-corrected chi connectivity index (χ2v) is 8.22. The lowest BCUT2D eigenvalue weighted by Gasteiger charge is -2.39. The number of nitrogens with one attached hydrogen (secondary N) is 1. The van der Waals surface area contributed by atoms with Crippen LogP contribution in [0.15, 0.2) is 0 Å². The molecule has 0 aromatic carbocycles. The molecular weight excluding hydrogens is 260 g/mol. The highest BCUT2D eigenvalue weighted by Crippen LogP contribution is 2.34. The first-order valence-electron chi connectivity index (χ1n) is 9.22. The molecule has 0 aromatic heterocycles. The lowest BCUT2D eigenvalue weighted by Crippen LogP contribution is -2.49. The fourth-order valence-corrected chi connectivity index (χ4v) is 4.13. The zero-order chi connectivity index (χ0) is 14.7. The van der Waals surface area contributed by atoms with E-state index in [0.29, 0.717) is 5.41 Å². The van der Waals surface area contributed by atoms with E-state index in [1.807, 2.05) is 0 Å². The lowest BCUT2D eigenvalue weighted by molar-refractivity contribution is 0.0775. The van der Waals surface area contributed by atoms with Gasteiger partial charge in [0.15, 0.2) is 0 Å². The zero-order valence-electron chi connectivity index (χ0n) is 14.1. The summed E-state index contributed by atoms with van der Waals surface area (Å²) in [6, 6.07) is 1.65. The molecule has 0 aromatic rings. The Morgan fingerprint density at radius 2 is 1.95 bits per heavy atom. The van der Waals surface area contributed by atoms with Crippen LogP contribution in [0.25, 0.3) is 0 Å². The Hall–Kier alpha value is -0.120. The maximum atomic E-state index is 5.82. The van der Waals surface area contributed by atoms with Gasteiger partial charge in [0.1, 0.15) is 0 Å². The minimum absolute atomic E-state index is 0.375. The van der Waals surface area contributed by atoms with Crippen LogP contribution in [0.4, 0.5) is 0 Å². The fourth-order valence-electron chi connectivity index (χ4n) is 4.13. The summed E-state index contributed by atoms with van der Waals surface area (Å²) in [6.45, 7) is 10.3. The van der Waals surface area contributed by atoms with Crippen molar-refractivity contribution in [3.8, 4) is 0 Å². The number of hydrogen-bond acceptors (Lipinski definition) is 3. The van der Waals surface area contributed by atoms with Crippen LogP contribution < -0.4 is 5.32 Å². The van der Waals surface area contributed by atoms with Crippen molar-refractivity contribution in [2.24, 2.45) is 11.3 Å². The molecule has 1 unspecified atom stereocenters. The van der Waals surface area contributed by atoms with Crippen LogP contribution in [0, 0.1) is 11.3 Å². The summed E-state index contributed by atoms with van der Waals surface area (Å²) in [7, 11) is 0. The van der Waals surface area contributed by atoms with Crippen molar-refractivity contribution in [1.29, 1.82) is 0 Å². The smallest absolute Gasteiger partial charge is 0.0547 e. The molecular formula is C18H34N2O. The van der Waals surface area contributed by atoms with Gasteiger partial charge in [-0.1, -0.05) is 26.7 Å². The van der Waals surface area contributed by atoms with E-state index in [-0.39, 0.29) is 0 Å². The molecule has 122 valence electrons. The van der Waals surface area contributed by atoms with E-state index in [0.717, 1.165) is 31.2 Å². The highest BCUT2D eigenvalue weighted by molar-refractivity contribution is 4.93. The quantitative estimate of drug-likeness (QED) is 0.744. The first kappa shape index (κ1) is 15.8. The predicted molar refractivity (Wildman–Crippen MR) is 87.6 cm³/mol. The third-order valence-corrected chi connectivity index (χ3v) is 5.51. The summed E-state index contributed by atoms with van der Waals surface area (Å²) in [5.74, 6) is 0.765. The van der Waals surface area contributed by atoms with Gasteiger partial charge in [0, 0.05) is 43.7 Å². The highest BCUT2D eigenvalue weighted by atomic mass is 16.5. The van der Waals surface area contributed by atoms with Gasteiger partial charge in [0.05, 0.1) is 6.61 Å². The fraction of sp³-hybridized carbons (Fsp3) is 1.00. The van der Waals surface area contributed by atoms with Crippen LogP contribution >= 0.6 is 0 Å². The largest absolute Gasteiger partial charge is 0.381 e. The van der Waals surface area contributed by atoms with Crippen molar-refractivity contribution in [1.82, 2.24) is 10.2 Å². The SMILES string of the molecule is CC(C)CN(CC1(CNC2CC2)CCOC1)C1CCCC1. The molecule has 0 bridgehead atoms. The van der Waals surface area contributed by atoms with Crippen LogP contribution in [-0.4, -0.2) is 49.8 Å². The van der Waals surface area contributed by atoms with Crippen LogP contribution in [0.2, 0.25) is 0 Å². The molecule has 1 heterocycles. The second kappa shape index (κ2) is 6.97. The van der Waals surface area contributed by atoms with Gasteiger partial charge in [-0.3, -0.25) is 4.90 Å². The van der Waals surface area contributed by atoms with Crippen LogP contribution in [0.3, 0.4) is 0 Å². The molecule has 21 heavy (non-hydrogen) atoms. The molecule has 1 saturated heterocycles. The molecule has 2 saturated carbocycles. The van der Waals surface area contributed by atoms with Gasteiger partial charge >= 0.3 is 0 Å². The molecule has 1 aliphatic heterocycles. The molecule has 2 aliphatic carbocycles. The molecule has 1 N–H and O–H groups in total. The van der Waals surface area contributed by atoms with E-state index in [1.54, 1.807) is 0 Å². The van der Waals surface area contributed by atoms with E-state index in [2.05, 4.69) is 24.1 Å².